The molecule has 1 fully saturated rings. The molecule has 0 aromatic carbocycles. The minimum atomic E-state index is 0.486. The minimum Gasteiger partial charge on any atom is -0.381 e. The summed E-state index contributed by atoms with van der Waals surface area (Å²) in [5.74, 6) is 1.79. The first-order chi connectivity index (χ1) is 10.3. The highest BCUT2D eigenvalue weighted by atomic mass is 32.1. The Morgan fingerprint density at radius 3 is 3.24 bits per heavy atom. The van der Waals surface area contributed by atoms with E-state index in [0.717, 1.165) is 48.8 Å². The van der Waals surface area contributed by atoms with E-state index in [-0.39, 0.29) is 0 Å². The number of thiazole rings is 1. The zero-order valence-corrected chi connectivity index (χ0v) is 12.6. The van der Waals surface area contributed by atoms with Crippen molar-refractivity contribution in [1.29, 1.82) is 0 Å². The standard InChI is InChI=1S/C14H16N4O2S/c1-9-12(18-4-6-21-14(18)15-9)13-16-11(20-17-13)7-10-3-2-5-19-8-10/h4,6,10H,2-3,5,7-8H2,1H3. The highest BCUT2D eigenvalue weighted by molar-refractivity contribution is 7.15. The van der Waals surface area contributed by atoms with Crippen LogP contribution in [0.4, 0.5) is 0 Å². The molecule has 110 valence electrons. The van der Waals surface area contributed by atoms with Gasteiger partial charge >= 0.3 is 0 Å². The molecule has 4 rings (SSSR count). The Bertz CT molecular complexity index is 754. The molecule has 1 saturated heterocycles. The third-order valence-corrected chi connectivity index (χ3v) is 4.59. The largest absolute Gasteiger partial charge is 0.381 e. The van der Waals surface area contributed by atoms with E-state index in [0.29, 0.717) is 17.6 Å². The van der Waals surface area contributed by atoms with Gasteiger partial charge in [-0.25, -0.2) is 4.98 Å². The van der Waals surface area contributed by atoms with Crippen LogP contribution < -0.4 is 0 Å². The summed E-state index contributed by atoms with van der Waals surface area (Å²) >= 11 is 1.60. The molecule has 1 aliphatic heterocycles. The van der Waals surface area contributed by atoms with Gasteiger partial charge in [0.2, 0.25) is 11.7 Å². The Hall–Kier alpha value is -1.73. The van der Waals surface area contributed by atoms with E-state index < -0.39 is 0 Å². The summed E-state index contributed by atoms with van der Waals surface area (Å²) in [6, 6.07) is 0. The lowest BCUT2D eigenvalue weighted by Gasteiger charge is -2.20. The maximum atomic E-state index is 5.50. The lowest BCUT2D eigenvalue weighted by atomic mass is 9.99. The molecule has 3 aromatic heterocycles. The molecular formula is C14H16N4O2S. The zero-order valence-electron chi connectivity index (χ0n) is 11.8. The molecule has 1 atom stereocenters. The first kappa shape index (κ1) is 13.0. The predicted octanol–water partition coefficient (Wildman–Crippen LogP) is 2.72. The van der Waals surface area contributed by atoms with Gasteiger partial charge < -0.3 is 9.26 Å². The second-order valence-electron chi connectivity index (χ2n) is 5.40. The predicted molar refractivity (Wildman–Crippen MR) is 78.3 cm³/mol. The lowest BCUT2D eigenvalue weighted by Crippen LogP contribution is -2.19. The summed E-state index contributed by atoms with van der Waals surface area (Å²) < 4.78 is 12.9. The number of hydrogen-bond acceptors (Lipinski definition) is 6. The smallest absolute Gasteiger partial charge is 0.227 e. The molecule has 21 heavy (non-hydrogen) atoms. The number of fused-ring (bicyclic) bond motifs is 1. The Kier molecular flexibility index (Phi) is 3.23. The van der Waals surface area contributed by atoms with Crippen molar-refractivity contribution in [2.75, 3.05) is 13.2 Å². The van der Waals surface area contributed by atoms with E-state index in [9.17, 15) is 0 Å². The maximum absolute atomic E-state index is 5.50. The Morgan fingerprint density at radius 2 is 2.38 bits per heavy atom. The molecule has 1 aliphatic rings. The van der Waals surface area contributed by atoms with Crippen LogP contribution in [0.3, 0.4) is 0 Å². The molecule has 0 aliphatic carbocycles. The summed E-state index contributed by atoms with van der Waals surface area (Å²) in [7, 11) is 0. The number of aromatic nitrogens is 4. The van der Waals surface area contributed by atoms with Gasteiger partial charge in [-0.05, 0) is 25.7 Å². The van der Waals surface area contributed by atoms with E-state index in [4.69, 9.17) is 9.26 Å². The van der Waals surface area contributed by atoms with Crippen LogP contribution in [0, 0.1) is 12.8 Å². The van der Waals surface area contributed by atoms with Crippen molar-refractivity contribution < 1.29 is 9.26 Å². The van der Waals surface area contributed by atoms with Gasteiger partial charge in [0, 0.05) is 31.2 Å². The van der Waals surface area contributed by atoms with Gasteiger partial charge in [-0.2, -0.15) is 4.98 Å². The molecular weight excluding hydrogens is 288 g/mol. The van der Waals surface area contributed by atoms with Crippen molar-refractivity contribution in [3.63, 3.8) is 0 Å². The number of nitrogens with zero attached hydrogens (tertiary/aromatic N) is 4. The molecule has 1 unspecified atom stereocenters. The van der Waals surface area contributed by atoms with Gasteiger partial charge in [0.05, 0.1) is 5.69 Å². The van der Waals surface area contributed by atoms with Gasteiger partial charge in [-0.3, -0.25) is 4.40 Å². The molecule has 3 aromatic rings. The second-order valence-corrected chi connectivity index (χ2v) is 6.27. The fourth-order valence-electron chi connectivity index (χ4n) is 2.81. The molecule has 6 nitrogen and oxygen atoms in total. The molecule has 4 heterocycles. The number of ether oxygens (including phenoxy) is 1. The zero-order chi connectivity index (χ0) is 14.2. The number of rotatable bonds is 3. The Morgan fingerprint density at radius 1 is 1.43 bits per heavy atom. The average Bonchev–Trinajstić information content (AvgIpc) is 3.16. The van der Waals surface area contributed by atoms with Gasteiger partial charge in [-0.1, -0.05) is 5.16 Å². The number of imidazole rings is 1. The molecule has 0 N–H and O–H groups in total. The Balaban J connectivity index is 1.61. The number of hydrogen-bond donors (Lipinski definition) is 0. The third-order valence-electron chi connectivity index (χ3n) is 3.83. The molecule has 0 radical (unpaired) electrons. The van der Waals surface area contributed by atoms with Gasteiger partial charge in [0.25, 0.3) is 0 Å². The molecule has 0 spiro atoms. The maximum Gasteiger partial charge on any atom is 0.227 e. The lowest BCUT2D eigenvalue weighted by molar-refractivity contribution is 0.0520. The fraction of sp³-hybridized carbons (Fsp3) is 0.500. The fourth-order valence-corrected chi connectivity index (χ4v) is 3.57. The second kappa shape index (κ2) is 5.23. The van der Waals surface area contributed by atoms with E-state index in [1.807, 2.05) is 22.9 Å². The van der Waals surface area contributed by atoms with Crippen LogP contribution in [-0.4, -0.2) is 32.7 Å². The highest BCUT2D eigenvalue weighted by Crippen LogP contribution is 2.26. The van der Waals surface area contributed by atoms with Crippen molar-refractivity contribution in [3.8, 4) is 11.5 Å². The highest BCUT2D eigenvalue weighted by Gasteiger charge is 2.21. The normalized spacial score (nSPS) is 19.4. The summed E-state index contributed by atoms with van der Waals surface area (Å²) in [5.41, 5.74) is 1.84. The third kappa shape index (κ3) is 2.36. The summed E-state index contributed by atoms with van der Waals surface area (Å²) in [5, 5.41) is 6.14. The first-order valence-corrected chi connectivity index (χ1v) is 8.02. The van der Waals surface area contributed by atoms with Crippen LogP contribution in [0.5, 0.6) is 0 Å². The summed E-state index contributed by atoms with van der Waals surface area (Å²) in [6.07, 6.45) is 5.05. The average molecular weight is 304 g/mol. The van der Waals surface area contributed by atoms with E-state index in [1.54, 1.807) is 11.3 Å². The summed E-state index contributed by atoms with van der Waals surface area (Å²) in [4.78, 5) is 10.0. The molecule has 0 bridgehead atoms. The van der Waals surface area contributed by atoms with Crippen LogP contribution in [0.2, 0.25) is 0 Å². The first-order valence-electron chi connectivity index (χ1n) is 7.14. The topological polar surface area (TPSA) is 65.5 Å². The SMILES string of the molecule is Cc1nc2sccn2c1-c1noc(CC2CCCOC2)n1. The monoisotopic (exact) mass is 304 g/mol. The van der Waals surface area contributed by atoms with Gasteiger partial charge in [0.15, 0.2) is 4.96 Å². The minimum absolute atomic E-state index is 0.486. The Labute approximate surface area is 125 Å². The van der Waals surface area contributed by atoms with Crippen LogP contribution in [0.15, 0.2) is 16.1 Å². The van der Waals surface area contributed by atoms with Gasteiger partial charge in [0.1, 0.15) is 5.69 Å². The van der Waals surface area contributed by atoms with Crippen LogP contribution in [-0.2, 0) is 11.2 Å². The van der Waals surface area contributed by atoms with Crippen molar-refractivity contribution in [2.45, 2.75) is 26.2 Å². The van der Waals surface area contributed by atoms with E-state index in [1.165, 1.54) is 0 Å². The van der Waals surface area contributed by atoms with Crippen molar-refractivity contribution >= 4 is 16.3 Å². The van der Waals surface area contributed by atoms with Crippen molar-refractivity contribution in [1.82, 2.24) is 19.5 Å². The van der Waals surface area contributed by atoms with E-state index in [2.05, 4.69) is 15.1 Å². The van der Waals surface area contributed by atoms with Crippen LogP contribution >= 0.6 is 11.3 Å². The van der Waals surface area contributed by atoms with Crippen LogP contribution in [0.25, 0.3) is 16.5 Å². The molecule has 0 amide bonds. The van der Waals surface area contributed by atoms with Crippen LogP contribution in [0.1, 0.15) is 24.4 Å². The van der Waals surface area contributed by atoms with E-state index >= 15 is 0 Å². The molecule has 0 saturated carbocycles. The number of aryl methyl sites for hydroxylation is 1. The van der Waals surface area contributed by atoms with Gasteiger partial charge in [-0.15, -0.1) is 11.3 Å². The van der Waals surface area contributed by atoms with Crippen molar-refractivity contribution in [3.05, 3.63) is 23.2 Å². The molecule has 7 heteroatoms. The quantitative estimate of drug-likeness (QED) is 0.744. The summed E-state index contributed by atoms with van der Waals surface area (Å²) in [6.45, 7) is 3.63. The van der Waals surface area contributed by atoms with Crippen molar-refractivity contribution in [2.24, 2.45) is 5.92 Å².